The van der Waals surface area contributed by atoms with Gasteiger partial charge < -0.3 is 10.6 Å². The highest BCUT2D eigenvalue weighted by molar-refractivity contribution is 9.10. The van der Waals surface area contributed by atoms with Crippen molar-refractivity contribution in [2.75, 3.05) is 6.54 Å². The van der Waals surface area contributed by atoms with Gasteiger partial charge in [0.1, 0.15) is 11.9 Å². The Kier molecular flexibility index (Phi) is 4.52. The summed E-state index contributed by atoms with van der Waals surface area (Å²) in [6.07, 6.45) is 1.33. The summed E-state index contributed by atoms with van der Waals surface area (Å²) in [5.74, 6) is -0.592. The third-order valence-electron chi connectivity index (χ3n) is 3.01. The molecule has 1 fully saturated rings. The molecule has 0 unspecified atom stereocenters. The highest BCUT2D eigenvalue weighted by Crippen LogP contribution is 2.15. The van der Waals surface area contributed by atoms with Crippen molar-refractivity contribution < 1.29 is 14.0 Å². The average Bonchev–Trinajstić information content (AvgIpc) is 2.80. The van der Waals surface area contributed by atoms with Crippen LogP contribution in [0, 0.1) is 5.82 Å². The molecule has 2 rings (SSSR count). The van der Waals surface area contributed by atoms with Gasteiger partial charge in [0.25, 0.3) is 0 Å². The zero-order valence-electron chi connectivity index (χ0n) is 10.2. The SMILES string of the molecule is O=C1CC[C@@H](C(=O)NCCc2cc(Br)ccc2F)N1. The van der Waals surface area contributed by atoms with E-state index in [2.05, 4.69) is 26.6 Å². The quantitative estimate of drug-likeness (QED) is 0.880. The van der Waals surface area contributed by atoms with Crippen LogP contribution in [0.4, 0.5) is 4.39 Å². The van der Waals surface area contributed by atoms with E-state index in [4.69, 9.17) is 0 Å². The molecule has 1 aromatic carbocycles. The largest absolute Gasteiger partial charge is 0.354 e. The lowest BCUT2D eigenvalue weighted by Gasteiger charge is -2.11. The van der Waals surface area contributed by atoms with Crippen molar-refractivity contribution in [3.8, 4) is 0 Å². The van der Waals surface area contributed by atoms with Gasteiger partial charge in [0.15, 0.2) is 0 Å². The highest BCUT2D eigenvalue weighted by atomic mass is 79.9. The molecule has 4 nitrogen and oxygen atoms in total. The van der Waals surface area contributed by atoms with E-state index in [-0.39, 0.29) is 17.6 Å². The van der Waals surface area contributed by atoms with Crippen LogP contribution < -0.4 is 10.6 Å². The summed E-state index contributed by atoms with van der Waals surface area (Å²) < 4.78 is 14.3. The summed E-state index contributed by atoms with van der Waals surface area (Å²) >= 11 is 3.28. The van der Waals surface area contributed by atoms with Crippen molar-refractivity contribution in [3.05, 3.63) is 34.1 Å². The van der Waals surface area contributed by atoms with Gasteiger partial charge in [0, 0.05) is 17.4 Å². The number of carbonyl (C=O) groups excluding carboxylic acids is 2. The minimum absolute atomic E-state index is 0.0989. The Hall–Kier alpha value is -1.43. The van der Waals surface area contributed by atoms with Gasteiger partial charge in [-0.3, -0.25) is 9.59 Å². The maximum absolute atomic E-state index is 13.5. The Balaban J connectivity index is 1.81. The van der Waals surface area contributed by atoms with Gasteiger partial charge >= 0.3 is 0 Å². The van der Waals surface area contributed by atoms with Crippen molar-refractivity contribution in [2.45, 2.75) is 25.3 Å². The minimum Gasteiger partial charge on any atom is -0.354 e. The summed E-state index contributed by atoms with van der Waals surface area (Å²) in [5, 5.41) is 5.29. The molecule has 0 aliphatic carbocycles. The van der Waals surface area contributed by atoms with Crippen molar-refractivity contribution in [3.63, 3.8) is 0 Å². The first-order valence-electron chi connectivity index (χ1n) is 6.07. The summed E-state index contributed by atoms with van der Waals surface area (Å²) in [6, 6.07) is 4.27. The summed E-state index contributed by atoms with van der Waals surface area (Å²) in [6.45, 7) is 0.346. The Morgan fingerprint density at radius 2 is 2.32 bits per heavy atom. The number of benzene rings is 1. The molecule has 1 aliphatic heterocycles. The maximum Gasteiger partial charge on any atom is 0.242 e. The lowest BCUT2D eigenvalue weighted by Crippen LogP contribution is -2.42. The van der Waals surface area contributed by atoms with Gasteiger partial charge in [0.2, 0.25) is 11.8 Å². The number of rotatable bonds is 4. The molecule has 2 N–H and O–H groups in total. The summed E-state index contributed by atoms with van der Waals surface area (Å²) in [7, 11) is 0. The zero-order chi connectivity index (χ0) is 13.8. The third-order valence-corrected chi connectivity index (χ3v) is 3.51. The maximum atomic E-state index is 13.5. The van der Waals surface area contributed by atoms with Crippen LogP contribution in [-0.4, -0.2) is 24.4 Å². The fourth-order valence-corrected chi connectivity index (χ4v) is 2.40. The smallest absolute Gasteiger partial charge is 0.242 e. The molecule has 102 valence electrons. The molecule has 6 heteroatoms. The number of amides is 2. The fraction of sp³-hybridized carbons (Fsp3) is 0.385. The van der Waals surface area contributed by atoms with Crippen molar-refractivity contribution in [2.24, 2.45) is 0 Å². The minimum atomic E-state index is -0.445. The molecule has 19 heavy (non-hydrogen) atoms. The molecule has 0 radical (unpaired) electrons. The summed E-state index contributed by atoms with van der Waals surface area (Å²) in [5.41, 5.74) is 0.546. The number of halogens is 2. The van der Waals surface area contributed by atoms with Crippen LogP contribution in [0.5, 0.6) is 0 Å². The number of carbonyl (C=O) groups is 2. The van der Waals surface area contributed by atoms with Crippen LogP contribution in [0.1, 0.15) is 18.4 Å². The van der Waals surface area contributed by atoms with E-state index in [1.807, 2.05) is 0 Å². The van der Waals surface area contributed by atoms with Gasteiger partial charge in [0.05, 0.1) is 0 Å². The van der Waals surface area contributed by atoms with Crippen molar-refractivity contribution in [1.82, 2.24) is 10.6 Å². The van der Waals surface area contributed by atoms with Crippen LogP contribution in [0.15, 0.2) is 22.7 Å². The molecular formula is C13H14BrFN2O2. The van der Waals surface area contributed by atoms with E-state index in [1.54, 1.807) is 12.1 Å². The van der Waals surface area contributed by atoms with Gasteiger partial charge in [-0.15, -0.1) is 0 Å². The molecule has 0 bridgehead atoms. The second kappa shape index (κ2) is 6.14. The standard InChI is InChI=1S/C13H14BrFN2O2/c14-9-1-2-10(15)8(7-9)5-6-16-13(19)11-3-4-12(18)17-11/h1-2,7,11H,3-6H2,(H,16,19)(H,17,18)/t11-/m0/s1. The highest BCUT2D eigenvalue weighted by Gasteiger charge is 2.26. The predicted octanol–water partition coefficient (Wildman–Crippen LogP) is 1.53. The molecule has 0 spiro atoms. The fourth-order valence-electron chi connectivity index (χ4n) is 1.99. The number of hydrogen-bond acceptors (Lipinski definition) is 2. The monoisotopic (exact) mass is 328 g/mol. The first-order valence-corrected chi connectivity index (χ1v) is 6.86. The van der Waals surface area contributed by atoms with E-state index in [0.717, 1.165) is 4.47 Å². The Morgan fingerprint density at radius 3 is 3.00 bits per heavy atom. The zero-order valence-corrected chi connectivity index (χ0v) is 11.8. The lowest BCUT2D eigenvalue weighted by molar-refractivity contribution is -0.125. The van der Waals surface area contributed by atoms with Gasteiger partial charge in [-0.1, -0.05) is 15.9 Å². The van der Waals surface area contributed by atoms with Crippen LogP contribution >= 0.6 is 15.9 Å². The lowest BCUT2D eigenvalue weighted by atomic mass is 10.1. The van der Waals surface area contributed by atoms with E-state index >= 15 is 0 Å². The number of hydrogen-bond donors (Lipinski definition) is 2. The molecule has 1 aromatic rings. The van der Waals surface area contributed by atoms with E-state index in [1.165, 1.54) is 6.07 Å². The molecule has 1 saturated heterocycles. The normalized spacial score (nSPS) is 18.2. The Bertz CT molecular complexity index is 507. The van der Waals surface area contributed by atoms with E-state index < -0.39 is 6.04 Å². The Morgan fingerprint density at radius 1 is 1.53 bits per heavy atom. The van der Waals surface area contributed by atoms with E-state index in [9.17, 15) is 14.0 Å². The molecule has 0 aromatic heterocycles. The Labute approximate surface area is 118 Å². The van der Waals surface area contributed by atoms with Crippen LogP contribution in [-0.2, 0) is 16.0 Å². The van der Waals surface area contributed by atoms with Crippen LogP contribution in [0.3, 0.4) is 0 Å². The number of nitrogens with one attached hydrogen (secondary N) is 2. The first-order chi connectivity index (χ1) is 9.06. The predicted molar refractivity (Wildman–Crippen MR) is 72.0 cm³/mol. The third kappa shape index (κ3) is 3.76. The molecule has 1 heterocycles. The van der Waals surface area contributed by atoms with Crippen LogP contribution in [0.25, 0.3) is 0 Å². The second-order valence-corrected chi connectivity index (χ2v) is 5.35. The molecule has 1 atom stereocenters. The van der Waals surface area contributed by atoms with Crippen molar-refractivity contribution in [1.29, 1.82) is 0 Å². The van der Waals surface area contributed by atoms with Gasteiger partial charge in [-0.25, -0.2) is 4.39 Å². The summed E-state index contributed by atoms with van der Waals surface area (Å²) in [4.78, 5) is 22.7. The van der Waals surface area contributed by atoms with Crippen molar-refractivity contribution >= 4 is 27.7 Å². The molecule has 1 aliphatic rings. The second-order valence-electron chi connectivity index (χ2n) is 4.44. The first kappa shape index (κ1) is 14.0. The average molecular weight is 329 g/mol. The molecular weight excluding hydrogens is 315 g/mol. The van der Waals surface area contributed by atoms with Gasteiger partial charge in [-0.2, -0.15) is 0 Å². The topological polar surface area (TPSA) is 58.2 Å². The molecule has 0 saturated carbocycles. The van der Waals surface area contributed by atoms with E-state index in [0.29, 0.717) is 31.4 Å². The van der Waals surface area contributed by atoms with Crippen LogP contribution in [0.2, 0.25) is 0 Å². The van der Waals surface area contributed by atoms with Gasteiger partial charge in [-0.05, 0) is 36.6 Å². The molecule has 2 amide bonds.